The van der Waals surface area contributed by atoms with E-state index in [1.165, 1.54) is 18.5 Å². The minimum absolute atomic E-state index is 0.194. The summed E-state index contributed by atoms with van der Waals surface area (Å²) in [7, 11) is 0. The van der Waals surface area contributed by atoms with E-state index < -0.39 is 0 Å². The van der Waals surface area contributed by atoms with Gasteiger partial charge in [0.2, 0.25) is 0 Å². The van der Waals surface area contributed by atoms with Crippen LogP contribution in [-0.4, -0.2) is 10.3 Å². The third-order valence-corrected chi connectivity index (χ3v) is 1.51. The normalized spacial score (nSPS) is 8.85. The summed E-state index contributed by atoms with van der Waals surface area (Å²) < 4.78 is 0. The summed E-state index contributed by atoms with van der Waals surface area (Å²) in [6.07, 6.45) is 5.47. The Labute approximate surface area is 90.1 Å². The van der Waals surface area contributed by atoms with Crippen molar-refractivity contribution in [3.05, 3.63) is 30.1 Å². The molecule has 1 aromatic rings. The van der Waals surface area contributed by atoms with Crippen molar-refractivity contribution in [2.45, 2.75) is 26.2 Å². The summed E-state index contributed by atoms with van der Waals surface area (Å²) in [4.78, 5) is 4.22. The second-order valence-electron chi connectivity index (χ2n) is 2.53. The highest BCUT2D eigenvalue weighted by Crippen LogP contribution is 1.99. The number of alkyl halides is 2. The molecule has 0 amide bonds. The number of hydrogen-bond acceptors (Lipinski definition) is 1. The lowest BCUT2D eigenvalue weighted by molar-refractivity contribution is 0.777. The molecule has 0 aliphatic rings. The monoisotopic (exact) mass is 219 g/mol. The van der Waals surface area contributed by atoms with Crippen molar-refractivity contribution in [2.24, 2.45) is 0 Å². The number of aryl methyl sites for hydroxylation is 1. The summed E-state index contributed by atoms with van der Waals surface area (Å²) in [5, 5.41) is 0.194. The molecule has 1 nitrogen and oxygen atoms in total. The largest absolute Gasteiger partial charge is 0.261 e. The number of aromatic nitrogens is 1. The number of unbranched alkanes of at least 4 members (excludes halogenated alkanes) is 1. The summed E-state index contributed by atoms with van der Waals surface area (Å²) in [6.45, 7) is 2.20. The summed E-state index contributed by atoms with van der Waals surface area (Å²) >= 11 is 9.53. The lowest BCUT2D eigenvalue weighted by Gasteiger charge is -1.95. The molecular weight excluding hydrogens is 205 g/mol. The van der Waals surface area contributed by atoms with Crippen molar-refractivity contribution in [2.75, 3.05) is 5.34 Å². The van der Waals surface area contributed by atoms with Gasteiger partial charge in [-0.1, -0.05) is 19.4 Å². The molecule has 0 spiro atoms. The molecule has 0 saturated heterocycles. The van der Waals surface area contributed by atoms with Crippen molar-refractivity contribution in [3.8, 4) is 0 Å². The Morgan fingerprint density at radius 1 is 1.31 bits per heavy atom. The summed E-state index contributed by atoms with van der Waals surface area (Å²) in [5.41, 5.74) is 1.21. The van der Waals surface area contributed by atoms with E-state index in [0.29, 0.717) is 0 Å². The quantitative estimate of drug-likeness (QED) is 0.705. The van der Waals surface area contributed by atoms with E-state index in [9.17, 15) is 0 Å². The lowest BCUT2D eigenvalue weighted by Crippen LogP contribution is -1.86. The van der Waals surface area contributed by atoms with Gasteiger partial charge >= 0.3 is 0 Å². The van der Waals surface area contributed by atoms with Crippen LogP contribution in [0.25, 0.3) is 0 Å². The smallest absolute Gasteiger partial charge is 0.0967 e. The Balaban J connectivity index is 0.000000424. The minimum Gasteiger partial charge on any atom is -0.261 e. The van der Waals surface area contributed by atoms with Crippen LogP contribution in [0.15, 0.2) is 24.4 Å². The third-order valence-electron chi connectivity index (χ3n) is 1.51. The average Bonchev–Trinajstić information content (AvgIpc) is 2.18. The van der Waals surface area contributed by atoms with Crippen molar-refractivity contribution in [1.82, 2.24) is 4.98 Å². The molecule has 0 atom stereocenters. The fourth-order valence-electron chi connectivity index (χ4n) is 0.904. The molecule has 0 aliphatic heterocycles. The van der Waals surface area contributed by atoms with Gasteiger partial charge in [-0.2, -0.15) is 0 Å². The van der Waals surface area contributed by atoms with Gasteiger partial charge in [-0.25, -0.2) is 0 Å². The molecule has 0 radical (unpaired) electrons. The molecule has 74 valence electrons. The molecule has 1 heterocycles. The lowest BCUT2D eigenvalue weighted by atomic mass is 10.2. The SMILES string of the molecule is CCCCc1ccccn1.ClCCl. The zero-order valence-electron chi connectivity index (χ0n) is 7.84. The summed E-state index contributed by atoms with van der Waals surface area (Å²) in [6, 6.07) is 6.07. The highest BCUT2D eigenvalue weighted by atomic mass is 35.5. The standard InChI is InChI=1S/C9H13N.CH2Cl2/c1-2-3-6-9-7-4-5-8-10-9;2-1-3/h4-5,7-8H,2-3,6H2,1H3;1H2. The van der Waals surface area contributed by atoms with Crippen LogP contribution in [0.5, 0.6) is 0 Å². The number of pyridine rings is 1. The zero-order valence-corrected chi connectivity index (χ0v) is 9.35. The van der Waals surface area contributed by atoms with Gasteiger partial charge in [0.25, 0.3) is 0 Å². The van der Waals surface area contributed by atoms with E-state index in [0.717, 1.165) is 6.42 Å². The first-order chi connectivity index (χ1) is 6.35. The summed E-state index contributed by atoms with van der Waals surface area (Å²) in [5.74, 6) is 0. The Morgan fingerprint density at radius 3 is 2.46 bits per heavy atom. The Hall–Kier alpha value is -0.270. The molecule has 0 aliphatic carbocycles. The van der Waals surface area contributed by atoms with Gasteiger partial charge in [-0.15, -0.1) is 23.2 Å². The van der Waals surface area contributed by atoms with Gasteiger partial charge in [0, 0.05) is 11.9 Å². The molecule has 0 fully saturated rings. The van der Waals surface area contributed by atoms with Crippen LogP contribution in [0.4, 0.5) is 0 Å². The molecule has 3 heteroatoms. The maximum absolute atomic E-state index is 4.76. The first kappa shape index (κ1) is 12.7. The molecule has 1 rings (SSSR count). The van der Waals surface area contributed by atoms with Gasteiger partial charge < -0.3 is 0 Å². The van der Waals surface area contributed by atoms with Crippen LogP contribution in [0.2, 0.25) is 0 Å². The van der Waals surface area contributed by atoms with Gasteiger partial charge in [-0.3, -0.25) is 4.98 Å². The molecule has 0 N–H and O–H groups in total. The second-order valence-corrected chi connectivity index (χ2v) is 3.33. The number of halogens is 2. The molecule has 0 aromatic carbocycles. The molecule has 0 unspecified atom stereocenters. The molecule has 13 heavy (non-hydrogen) atoms. The Kier molecular flexibility index (Phi) is 9.61. The first-order valence-electron chi connectivity index (χ1n) is 4.37. The van der Waals surface area contributed by atoms with E-state index in [2.05, 4.69) is 18.0 Å². The zero-order chi connectivity index (χ0) is 9.94. The van der Waals surface area contributed by atoms with Crippen molar-refractivity contribution < 1.29 is 0 Å². The van der Waals surface area contributed by atoms with Gasteiger partial charge in [0.05, 0.1) is 5.34 Å². The maximum Gasteiger partial charge on any atom is 0.0967 e. The van der Waals surface area contributed by atoms with Crippen molar-refractivity contribution in [3.63, 3.8) is 0 Å². The molecule has 0 saturated carbocycles. The van der Waals surface area contributed by atoms with E-state index in [4.69, 9.17) is 23.2 Å². The van der Waals surface area contributed by atoms with E-state index in [1.54, 1.807) is 0 Å². The van der Waals surface area contributed by atoms with Gasteiger partial charge in [-0.05, 0) is 25.0 Å². The van der Waals surface area contributed by atoms with Crippen LogP contribution in [0.1, 0.15) is 25.5 Å². The van der Waals surface area contributed by atoms with Gasteiger partial charge in [0.15, 0.2) is 0 Å². The predicted molar refractivity (Wildman–Crippen MR) is 59.4 cm³/mol. The van der Waals surface area contributed by atoms with Crippen LogP contribution >= 0.6 is 23.2 Å². The number of rotatable bonds is 3. The Morgan fingerprint density at radius 2 is 2.00 bits per heavy atom. The molecular formula is C10H15Cl2N. The fraction of sp³-hybridized carbons (Fsp3) is 0.500. The maximum atomic E-state index is 4.76. The molecule has 1 aromatic heterocycles. The van der Waals surface area contributed by atoms with Crippen molar-refractivity contribution >= 4 is 23.2 Å². The highest BCUT2D eigenvalue weighted by Gasteiger charge is 1.88. The van der Waals surface area contributed by atoms with E-state index in [-0.39, 0.29) is 5.34 Å². The highest BCUT2D eigenvalue weighted by molar-refractivity contribution is 6.40. The topological polar surface area (TPSA) is 12.9 Å². The first-order valence-corrected chi connectivity index (χ1v) is 5.43. The van der Waals surface area contributed by atoms with Gasteiger partial charge in [0.1, 0.15) is 0 Å². The number of nitrogens with zero attached hydrogens (tertiary/aromatic N) is 1. The van der Waals surface area contributed by atoms with Crippen LogP contribution in [-0.2, 0) is 6.42 Å². The Bertz CT molecular complexity index is 189. The third kappa shape index (κ3) is 8.07. The average molecular weight is 220 g/mol. The second kappa shape index (κ2) is 9.82. The van der Waals surface area contributed by atoms with Crippen LogP contribution < -0.4 is 0 Å². The molecule has 0 bridgehead atoms. The van der Waals surface area contributed by atoms with E-state index in [1.807, 2.05) is 18.3 Å². The van der Waals surface area contributed by atoms with Crippen molar-refractivity contribution in [1.29, 1.82) is 0 Å². The number of hydrogen-bond donors (Lipinski definition) is 0. The predicted octanol–water partition coefficient (Wildman–Crippen LogP) is 3.85. The van der Waals surface area contributed by atoms with E-state index >= 15 is 0 Å². The van der Waals surface area contributed by atoms with Crippen LogP contribution in [0.3, 0.4) is 0 Å². The van der Waals surface area contributed by atoms with Crippen LogP contribution in [0, 0.1) is 0 Å². The minimum atomic E-state index is 0.194. The fourth-order valence-corrected chi connectivity index (χ4v) is 0.904.